The van der Waals surface area contributed by atoms with Crippen molar-refractivity contribution in [2.45, 2.75) is 13.8 Å². The quantitative estimate of drug-likeness (QED) is 0.634. The summed E-state index contributed by atoms with van der Waals surface area (Å²) in [5.74, 6) is -0.0752. The number of ether oxygens (including phenoxy) is 2. The maximum atomic E-state index is 12.6. The van der Waals surface area contributed by atoms with Crippen molar-refractivity contribution >= 4 is 39.6 Å². The van der Waals surface area contributed by atoms with Crippen molar-refractivity contribution in [1.82, 2.24) is 4.98 Å². The average molecular weight is 402 g/mol. The van der Waals surface area contributed by atoms with Crippen LogP contribution >= 0.6 is 22.7 Å². The van der Waals surface area contributed by atoms with Crippen LogP contribution in [-0.4, -0.2) is 31.1 Å². The molecule has 0 aliphatic rings. The van der Waals surface area contributed by atoms with Crippen LogP contribution in [0.5, 0.6) is 5.75 Å². The predicted molar refractivity (Wildman–Crippen MR) is 107 cm³/mol. The molecule has 0 spiro atoms. The van der Waals surface area contributed by atoms with Crippen LogP contribution in [0.2, 0.25) is 0 Å². The number of carbonyl (C=O) groups excluding carboxylic acids is 2. The zero-order valence-corrected chi connectivity index (χ0v) is 16.9. The lowest BCUT2D eigenvalue weighted by atomic mass is 10.1. The van der Waals surface area contributed by atoms with Gasteiger partial charge in [-0.15, -0.1) is 22.7 Å². The summed E-state index contributed by atoms with van der Waals surface area (Å²) < 4.78 is 9.98. The van der Waals surface area contributed by atoms with E-state index >= 15 is 0 Å². The van der Waals surface area contributed by atoms with Gasteiger partial charge in [-0.3, -0.25) is 4.79 Å². The molecule has 27 heavy (non-hydrogen) atoms. The van der Waals surface area contributed by atoms with Crippen molar-refractivity contribution in [3.05, 3.63) is 51.3 Å². The fourth-order valence-electron chi connectivity index (χ4n) is 2.47. The number of rotatable bonds is 5. The van der Waals surface area contributed by atoms with Gasteiger partial charge in [0.1, 0.15) is 21.5 Å². The number of amides is 1. The van der Waals surface area contributed by atoms with Gasteiger partial charge in [0.25, 0.3) is 5.91 Å². The van der Waals surface area contributed by atoms with Gasteiger partial charge in [-0.2, -0.15) is 0 Å². The van der Waals surface area contributed by atoms with Crippen molar-refractivity contribution in [3.8, 4) is 16.3 Å². The van der Waals surface area contributed by atoms with Crippen LogP contribution in [-0.2, 0) is 4.74 Å². The molecule has 1 N–H and O–H groups in total. The highest BCUT2D eigenvalue weighted by Gasteiger charge is 2.22. The molecule has 3 rings (SSSR count). The molecule has 0 saturated carbocycles. The fourth-order valence-corrected chi connectivity index (χ4v) is 4.32. The molecule has 0 fully saturated rings. The number of hydrogen-bond donors (Lipinski definition) is 1. The Kier molecular flexibility index (Phi) is 5.57. The topological polar surface area (TPSA) is 77.5 Å². The van der Waals surface area contributed by atoms with E-state index < -0.39 is 5.97 Å². The number of aryl methyl sites for hydroxylation is 1. The maximum Gasteiger partial charge on any atom is 0.341 e. The van der Waals surface area contributed by atoms with E-state index in [1.54, 1.807) is 12.5 Å². The molecule has 2 aromatic heterocycles. The van der Waals surface area contributed by atoms with Gasteiger partial charge in [-0.1, -0.05) is 0 Å². The summed E-state index contributed by atoms with van der Waals surface area (Å²) in [7, 11) is 2.93. The first kappa shape index (κ1) is 19.1. The molecule has 1 aromatic carbocycles. The van der Waals surface area contributed by atoms with Crippen LogP contribution in [0.4, 0.5) is 5.00 Å². The zero-order valence-electron chi connectivity index (χ0n) is 15.3. The average Bonchev–Trinajstić information content (AvgIpc) is 3.27. The first-order valence-corrected chi connectivity index (χ1v) is 9.73. The molecule has 0 atom stereocenters. The van der Waals surface area contributed by atoms with Gasteiger partial charge in [0, 0.05) is 15.8 Å². The highest BCUT2D eigenvalue weighted by atomic mass is 32.1. The molecule has 2 heterocycles. The Morgan fingerprint density at radius 2 is 1.81 bits per heavy atom. The van der Waals surface area contributed by atoms with Crippen molar-refractivity contribution in [1.29, 1.82) is 0 Å². The Hall–Kier alpha value is -2.71. The predicted octanol–water partition coefficient (Wildman–Crippen LogP) is 4.54. The third kappa shape index (κ3) is 3.86. The molecule has 8 heteroatoms. The van der Waals surface area contributed by atoms with E-state index in [1.807, 2.05) is 38.1 Å². The van der Waals surface area contributed by atoms with Crippen LogP contribution < -0.4 is 10.1 Å². The second-order valence-electron chi connectivity index (χ2n) is 5.70. The fraction of sp³-hybridized carbons (Fsp3) is 0.211. The van der Waals surface area contributed by atoms with Crippen molar-refractivity contribution < 1.29 is 19.1 Å². The third-order valence-electron chi connectivity index (χ3n) is 4.08. The van der Waals surface area contributed by atoms with E-state index in [0.29, 0.717) is 16.3 Å². The summed E-state index contributed by atoms with van der Waals surface area (Å²) in [6.07, 6.45) is 0. The number of hydrogen-bond acceptors (Lipinski definition) is 7. The molecule has 140 valence electrons. The third-order valence-corrected chi connectivity index (χ3v) is 6.09. The van der Waals surface area contributed by atoms with Crippen LogP contribution in [0, 0.1) is 13.8 Å². The van der Waals surface area contributed by atoms with E-state index in [4.69, 9.17) is 9.47 Å². The van der Waals surface area contributed by atoms with Gasteiger partial charge in [-0.25, -0.2) is 9.78 Å². The molecule has 0 radical (unpaired) electrons. The maximum absolute atomic E-state index is 12.6. The Morgan fingerprint density at radius 1 is 1.11 bits per heavy atom. The number of nitrogens with zero attached hydrogens (tertiary/aromatic N) is 1. The molecular formula is C19H18N2O4S2. The second-order valence-corrected chi connectivity index (χ2v) is 7.78. The molecule has 1 amide bonds. The van der Waals surface area contributed by atoms with E-state index in [2.05, 4.69) is 10.3 Å². The summed E-state index contributed by atoms with van der Waals surface area (Å²) in [4.78, 5) is 30.0. The monoisotopic (exact) mass is 402 g/mol. The van der Waals surface area contributed by atoms with Crippen molar-refractivity contribution in [2.75, 3.05) is 19.5 Å². The molecule has 6 nitrogen and oxygen atoms in total. The van der Waals surface area contributed by atoms with E-state index in [-0.39, 0.29) is 5.91 Å². The number of nitrogens with one attached hydrogen (secondary N) is 1. The number of benzene rings is 1. The minimum atomic E-state index is -0.468. The lowest BCUT2D eigenvalue weighted by Crippen LogP contribution is -2.14. The van der Waals surface area contributed by atoms with Crippen LogP contribution in [0.15, 0.2) is 29.6 Å². The molecule has 0 aliphatic heterocycles. The number of esters is 1. The van der Waals surface area contributed by atoms with E-state index in [9.17, 15) is 9.59 Å². The lowest BCUT2D eigenvalue weighted by Gasteiger charge is -2.04. The summed E-state index contributed by atoms with van der Waals surface area (Å²) in [5.41, 5.74) is 2.39. The molecule has 3 aromatic rings. The number of aromatic nitrogens is 1. The Morgan fingerprint density at radius 3 is 2.44 bits per heavy atom. The van der Waals surface area contributed by atoms with Crippen LogP contribution in [0.1, 0.15) is 31.3 Å². The van der Waals surface area contributed by atoms with Gasteiger partial charge in [-0.05, 0) is 43.7 Å². The number of thiazole rings is 1. The second kappa shape index (κ2) is 7.89. The van der Waals surface area contributed by atoms with Gasteiger partial charge in [0.05, 0.1) is 19.8 Å². The van der Waals surface area contributed by atoms with Gasteiger partial charge < -0.3 is 14.8 Å². The molecule has 0 unspecified atom stereocenters. The Labute approximate surface area is 164 Å². The zero-order chi connectivity index (χ0) is 19.6. The lowest BCUT2D eigenvalue weighted by molar-refractivity contribution is 0.0601. The molecule has 0 aliphatic carbocycles. The normalized spacial score (nSPS) is 10.5. The molecule has 0 bridgehead atoms. The highest BCUT2D eigenvalue weighted by Crippen LogP contribution is 2.33. The molecular weight excluding hydrogens is 384 g/mol. The van der Waals surface area contributed by atoms with Crippen LogP contribution in [0.25, 0.3) is 10.6 Å². The summed E-state index contributed by atoms with van der Waals surface area (Å²) in [5, 5.41) is 5.69. The summed E-state index contributed by atoms with van der Waals surface area (Å²) >= 11 is 2.72. The molecule has 0 saturated heterocycles. The first-order chi connectivity index (χ1) is 12.9. The summed E-state index contributed by atoms with van der Waals surface area (Å²) in [6.45, 7) is 3.73. The van der Waals surface area contributed by atoms with Gasteiger partial charge >= 0.3 is 5.97 Å². The first-order valence-electron chi connectivity index (χ1n) is 8.04. The minimum Gasteiger partial charge on any atom is -0.497 e. The van der Waals surface area contributed by atoms with Crippen molar-refractivity contribution in [2.24, 2.45) is 0 Å². The number of methoxy groups -OCH3 is 2. The Balaban J connectivity index is 1.83. The largest absolute Gasteiger partial charge is 0.497 e. The Bertz CT molecular complexity index is 990. The highest BCUT2D eigenvalue weighted by molar-refractivity contribution is 7.17. The number of anilines is 1. The van der Waals surface area contributed by atoms with Gasteiger partial charge in [0.15, 0.2) is 0 Å². The van der Waals surface area contributed by atoms with Crippen LogP contribution in [0.3, 0.4) is 0 Å². The smallest absolute Gasteiger partial charge is 0.341 e. The number of carbonyl (C=O) groups is 2. The number of thiophene rings is 1. The minimum absolute atomic E-state index is 0.297. The standard InChI is InChI=1S/C19H18N2O4S2/c1-10-11(2)27-18(15(10)19(23)25-4)21-16(22)14-9-26-17(20-14)12-5-7-13(24-3)8-6-12/h5-9H,1-4H3,(H,21,22). The van der Waals surface area contributed by atoms with Crippen molar-refractivity contribution in [3.63, 3.8) is 0 Å². The van der Waals surface area contributed by atoms with E-state index in [0.717, 1.165) is 26.8 Å². The van der Waals surface area contributed by atoms with E-state index in [1.165, 1.54) is 29.8 Å². The summed E-state index contributed by atoms with van der Waals surface area (Å²) in [6, 6.07) is 7.47. The van der Waals surface area contributed by atoms with Gasteiger partial charge in [0.2, 0.25) is 0 Å². The SMILES string of the molecule is COC(=O)c1c(NC(=O)c2csc(-c3ccc(OC)cc3)n2)sc(C)c1C.